The van der Waals surface area contributed by atoms with Gasteiger partial charge < -0.3 is 0 Å². The summed E-state index contributed by atoms with van der Waals surface area (Å²) in [6.07, 6.45) is -7.60. The van der Waals surface area contributed by atoms with Crippen molar-refractivity contribution in [2.45, 2.75) is 41.8 Å². The van der Waals surface area contributed by atoms with Crippen LogP contribution in [-0.4, -0.2) is 41.8 Å². The van der Waals surface area contributed by atoms with Gasteiger partial charge in [0, 0.05) is 0 Å². The summed E-state index contributed by atoms with van der Waals surface area (Å²) in [5, 5.41) is 0. The summed E-state index contributed by atoms with van der Waals surface area (Å²) < 4.78 is 184. The molecular formula is C7H2F15N. The Bertz CT molecular complexity index is 400. The summed E-state index contributed by atoms with van der Waals surface area (Å²) in [5.41, 5.74) is 3.08. The van der Waals surface area contributed by atoms with Crippen LogP contribution in [0.4, 0.5) is 65.9 Å². The van der Waals surface area contributed by atoms with Crippen LogP contribution in [0.3, 0.4) is 0 Å². The van der Waals surface area contributed by atoms with Crippen LogP contribution in [0, 0.1) is 0 Å². The van der Waals surface area contributed by atoms with Crippen molar-refractivity contribution >= 4 is 0 Å². The van der Waals surface area contributed by atoms with Crippen LogP contribution in [0.1, 0.15) is 0 Å². The minimum absolute atomic E-state index is 3.08. The van der Waals surface area contributed by atoms with E-state index in [1.165, 1.54) is 0 Å². The molecule has 23 heavy (non-hydrogen) atoms. The van der Waals surface area contributed by atoms with Gasteiger partial charge in [-0.1, -0.05) is 0 Å². The molecular weight excluding hydrogens is 383 g/mol. The van der Waals surface area contributed by atoms with Crippen LogP contribution >= 0.6 is 0 Å². The van der Waals surface area contributed by atoms with Gasteiger partial charge in [0.1, 0.15) is 0 Å². The van der Waals surface area contributed by atoms with Crippen LogP contribution in [0.25, 0.3) is 0 Å². The largest absolute Gasteiger partial charge is 0.460 e. The Kier molecular flexibility index (Phi) is 4.72. The lowest BCUT2D eigenvalue weighted by Crippen LogP contribution is -2.73. The molecule has 0 rings (SSSR count). The molecule has 1 nitrogen and oxygen atoms in total. The molecule has 0 aromatic heterocycles. The maximum Gasteiger partial charge on any atom is 0.460 e. The van der Waals surface area contributed by atoms with Gasteiger partial charge in [0.25, 0.3) is 0 Å². The second-order valence-corrected chi connectivity index (χ2v) is 3.99. The molecule has 0 fully saturated rings. The van der Waals surface area contributed by atoms with Crippen molar-refractivity contribution in [3.05, 3.63) is 0 Å². The molecule has 0 heterocycles. The predicted molar refractivity (Wildman–Crippen MR) is 39.9 cm³/mol. The van der Waals surface area contributed by atoms with Crippen molar-refractivity contribution in [2.75, 3.05) is 0 Å². The smallest absolute Gasteiger partial charge is 0.267 e. The van der Waals surface area contributed by atoms with E-state index in [1.54, 1.807) is 0 Å². The average molecular weight is 385 g/mol. The molecule has 16 heteroatoms. The van der Waals surface area contributed by atoms with Gasteiger partial charge in [-0.05, 0) is 0 Å². The number of hydrogen-bond donors (Lipinski definition) is 1. The Morgan fingerprint density at radius 3 is 0.783 bits per heavy atom. The van der Waals surface area contributed by atoms with Crippen molar-refractivity contribution in [3.8, 4) is 0 Å². The summed E-state index contributed by atoms with van der Waals surface area (Å²) in [7, 11) is 0. The van der Waals surface area contributed by atoms with E-state index in [2.05, 4.69) is 5.73 Å². The Labute approximate surface area is 115 Å². The van der Waals surface area contributed by atoms with Gasteiger partial charge in [-0.3, -0.25) is 5.73 Å². The lowest BCUT2D eigenvalue weighted by molar-refractivity contribution is -0.452. The number of alkyl halides is 15. The SMILES string of the molecule is NC(F)(F)C(F)(F)C(F)(F)C(F)(F)C(F)(F)C(F)(F)C(F)(F)F. The summed E-state index contributed by atoms with van der Waals surface area (Å²) >= 11 is 0. The average Bonchev–Trinajstić information content (AvgIpc) is 2.24. The zero-order chi connectivity index (χ0) is 19.5. The highest BCUT2D eigenvalue weighted by Crippen LogP contribution is 2.61. The summed E-state index contributed by atoms with van der Waals surface area (Å²) in [5.74, 6) is -40.2. The first-order valence-corrected chi connectivity index (χ1v) is 4.62. The summed E-state index contributed by atoms with van der Waals surface area (Å²) in [6, 6.07) is -6.66. The van der Waals surface area contributed by atoms with Crippen molar-refractivity contribution in [3.63, 3.8) is 0 Å². The standard InChI is InChI=1S/C7H2F15N/c8-1(9,2(10,11)4(14,15)6(18,19)20)3(12,13)5(16,17)7(21,22)23/h23H2. The van der Waals surface area contributed by atoms with E-state index >= 15 is 0 Å². The van der Waals surface area contributed by atoms with E-state index in [9.17, 15) is 65.9 Å². The van der Waals surface area contributed by atoms with E-state index in [4.69, 9.17) is 0 Å². The molecule has 0 atom stereocenters. The number of hydrogen-bond acceptors (Lipinski definition) is 1. The van der Waals surface area contributed by atoms with Crippen molar-refractivity contribution < 1.29 is 65.9 Å². The monoisotopic (exact) mass is 385 g/mol. The van der Waals surface area contributed by atoms with Gasteiger partial charge in [-0.25, -0.2) is 0 Å². The first-order valence-electron chi connectivity index (χ1n) is 4.62. The predicted octanol–water partition coefficient (Wildman–Crippen LogP) is 4.28. The summed E-state index contributed by atoms with van der Waals surface area (Å²) in [4.78, 5) is 0. The number of nitrogens with two attached hydrogens (primary N) is 1. The molecule has 0 aliphatic rings. The first kappa shape index (κ1) is 21.9. The molecule has 0 aliphatic carbocycles. The van der Waals surface area contributed by atoms with Gasteiger partial charge in [-0.2, -0.15) is 65.9 Å². The Balaban J connectivity index is 6.37. The molecule has 2 N–H and O–H groups in total. The molecule has 0 aromatic rings. The molecule has 0 amide bonds. The van der Waals surface area contributed by atoms with Gasteiger partial charge in [0.05, 0.1) is 0 Å². The molecule has 140 valence electrons. The lowest BCUT2D eigenvalue weighted by atomic mass is 9.93. The number of halogens is 15. The fourth-order valence-electron chi connectivity index (χ4n) is 0.979. The molecule has 0 saturated heterocycles. The normalized spacial score (nSPS) is 16.7. The third-order valence-corrected chi connectivity index (χ3v) is 2.35. The third-order valence-electron chi connectivity index (χ3n) is 2.35. The fraction of sp³-hybridized carbons (Fsp3) is 1.00. The minimum Gasteiger partial charge on any atom is -0.267 e. The van der Waals surface area contributed by atoms with Gasteiger partial charge in [0.2, 0.25) is 0 Å². The van der Waals surface area contributed by atoms with Crippen molar-refractivity contribution in [1.29, 1.82) is 0 Å². The van der Waals surface area contributed by atoms with Crippen LogP contribution in [0.5, 0.6) is 0 Å². The van der Waals surface area contributed by atoms with E-state index in [0.717, 1.165) is 0 Å². The molecule has 0 radical (unpaired) electrons. The molecule has 0 spiro atoms. The quantitative estimate of drug-likeness (QED) is 0.555. The molecule has 0 aromatic carbocycles. The van der Waals surface area contributed by atoms with E-state index in [0.29, 0.717) is 0 Å². The molecule has 0 bridgehead atoms. The third kappa shape index (κ3) is 2.67. The lowest BCUT2D eigenvalue weighted by Gasteiger charge is -2.40. The topological polar surface area (TPSA) is 26.0 Å². The zero-order valence-electron chi connectivity index (χ0n) is 9.75. The minimum atomic E-state index is -8.27. The van der Waals surface area contributed by atoms with E-state index < -0.39 is 41.8 Å². The highest BCUT2D eigenvalue weighted by atomic mass is 19.4. The van der Waals surface area contributed by atoms with Crippen LogP contribution in [-0.2, 0) is 0 Å². The Morgan fingerprint density at radius 1 is 0.348 bits per heavy atom. The summed E-state index contributed by atoms with van der Waals surface area (Å²) in [6.45, 7) is 0. The fourth-order valence-corrected chi connectivity index (χ4v) is 0.979. The van der Waals surface area contributed by atoms with Gasteiger partial charge in [0.15, 0.2) is 0 Å². The maximum absolute atomic E-state index is 12.7. The first-order chi connectivity index (χ1) is 9.50. The van der Waals surface area contributed by atoms with E-state index in [1.807, 2.05) is 0 Å². The highest BCUT2D eigenvalue weighted by molar-refractivity contribution is 5.12. The Morgan fingerprint density at radius 2 is 0.565 bits per heavy atom. The second-order valence-electron chi connectivity index (χ2n) is 3.99. The molecule has 0 aliphatic heterocycles. The van der Waals surface area contributed by atoms with Gasteiger partial charge >= 0.3 is 41.8 Å². The van der Waals surface area contributed by atoms with Gasteiger partial charge in [-0.15, -0.1) is 0 Å². The van der Waals surface area contributed by atoms with Crippen molar-refractivity contribution in [1.82, 2.24) is 0 Å². The van der Waals surface area contributed by atoms with Crippen LogP contribution < -0.4 is 5.73 Å². The van der Waals surface area contributed by atoms with Crippen LogP contribution in [0.15, 0.2) is 0 Å². The zero-order valence-corrected chi connectivity index (χ0v) is 9.75. The highest BCUT2D eigenvalue weighted by Gasteiger charge is 2.93. The Hall–Kier alpha value is -1.09. The van der Waals surface area contributed by atoms with E-state index in [-0.39, 0.29) is 0 Å². The molecule has 0 saturated carbocycles. The molecule has 0 unspecified atom stereocenters. The number of rotatable bonds is 5. The van der Waals surface area contributed by atoms with Crippen molar-refractivity contribution in [2.24, 2.45) is 5.73 Å². The maximum atomic E-state index is 12.7. The second kappa shape index (κ2) is 4.95. The van der Waals surface area contributed by atoms with Crippen LogP contribution in [0.2, 0.25) is 0 Å².